The lowest BCUT2D eigenvalue weighted by Crippen LogP contribution is -2.35. The van der Waals surface area contributed by atoms with Crippen molar-refractivity contribution in [3.05, 3.63) is 0 Å². The predicted molar refractivity (Wildman–Crippen MR) is 55.3 cm³/mol. The van der Waals surface area contributed by atoms with E-state index in [0.717, 1.165) is 0 Å². The Morgan fingerprint density at radius 1 is 1.42 bits per heavy atom. The average molecular weight is 183 g/mol. The van der Waals surface area contributed by atoms with Crippen LogP contribution in [0.5, 0.6) is 0 Å². The van der Waals surface area contributed by atoms with Crippen LogP contribution in [0.3, 0.4) is 0 Å². The summed E-state index contributed by atoms with van der Waals surface area (Å²) in [6.45, 7) is 7.06. The van der Waals surface area contributed by atoms with Gasteiger partial charge in [0, 0.05) is 18.5 Å². The monoisotopic (exact) mass is 183 g/mol. The number of hydrogen-bond acceptors (Lipinski definition) is 1. The summed E-state index contributed by atoms with van der Waals surface area (Å²) in [6.07, 6.45) is 2.61. The molecule has 0 N–H and O–H groups in total. The van der Waals surface area contributed by atoms with Gasteiger partial charge in [-0.1, -0.05) is 33.0 Å². The Labute approximate surface area is 80.1 Å². The van der Waals surface area contributed by atoms with Gasteiger partial charge < -0.3 is 4.90 Å². The molecule has 2 rings (SSSR count). The third kappa shape index (κ3) is 0.642. The Morgan fingerprint density at radius 2 is 2.00 bits per heavy atom. The smallest absolute Gasteiger partial charge is 0.0845 e. The Hall–Kier alpha value is -0.110. The van der Waals surface area contributed by atoms with Crippen LogP contribution in [-0.4, -0.2) is 23.0 Å². The van der Waals surface area contributed by atoms with Gasteiger partial charge in [-0.2, -0.15) is 0 Å². The molecule has 1 nitrogen and oxygen atoms in total. The zero-order chi connectivity index (χ0) is 9.15. The van der Waals surface area contributed by atoms with E-state index < -0.39 is 0 Å². The van der Waals surface area contributed by atoms with Gasteiger partial charge >= 0.3 is 0 Å². The van der Waals surface area contributed by atoms with Crippen LogP contribution in [0.2, 0.25) is 0 Å². The van der Waals surface area contributed by atoms with Crippen molar-refractivity contribution in [3.8, 4) is 0 Å². The summed E-state index contributed by atoms with van der Waals surface area (Å²) >= 11 is 5.48. The number of nitrogens with zero attached hydrogens (tertiary/aromatic N) is 1. The summed E-state index contributed by atoms with van der Waals surface area (Å²) in [5, 5.41) is 0. The van der Waals surface area contributed by atoms with Crippen molar-refractivity contribution in [1.82, 2.24) is 4.90 Å². The van der Waals surface area contributed by atoms with Crippen molar-refractivity contribution in [2.75, 3.05) is 7.05 Å². The molecular weight excluding hydrogens is 166 g/mol. The zero-order valence-corrected chi connectivity index (χ0v) is 9.16. The second-order valence-electron chi connectivity index (χ2n) is 5.02. The van der Waals surface area contributed by atoms with E-state index >= 15 is 0 Å². The molecule has 2 bridgehead atoms. The van der Waals surface area contributed by atoms with Crippen molar-refractivity contribution in [1.29, 1.82) is 0 Å². The van der Waals surface area contributed by atoms with Crippen LogP contribution in [0.1, 0.15) is 33.6 Å². The van der Waals surface area contributed by atoms with Crippen molar-refractivity contribution in [3.63, 3.8) is 0 Å². The summed E-state index contributed by atoms with van der Waals surface area (Å²) in [6, 6.07) is 0.690. The Bertz CT molecular complexity index is 246. The molecule has 0 spiro atoms. The number of hydrogen-bond donors (Lipinski definition) is 0. The summed E-state index contributed by atoms with van der Waals surface area (Å²) in [7, 11) is 2.15. The van der Waals surface area contributed by atoms with E-state index in [2.05, 4.69) is 32.7 Å². The van der Waals surface area contributed by atoms with E-state index in [4.69, 9.17) is 12.2 Å². The Balaban J connectivity index is 2.50. The molecule has 0 unspecified atom stereocenters. The lowest BCUT2D eigenvalue weighted by molar-refractivity contribution is 0.198. The Kier molecular flexibility index (Phi) is 1.44. The molecule has 0 aromatic heterocycles. The molecule has 2 fully saturated rings. The quantitative estimate of drug-likeness (QED) is 0.531. The molecule has 0 aromatic rings. The molecule has 1 aliphatic carbocycles. The Morgan fingerprint density at radius 3 is 2.25 bits per heavy atom. The first-order valence-corrected chi connectivity index (χ1v) is 5.09. The number of fused-ring (bicyclic) bond motifs is 2. The van der Waals surface area contributed by atoms with E-state index in [1.165, 1.54) is 17.8 Å². The van der Waals surface area contributed by atoms with Gasteiger partial charge in [0.15, 0.2) is 0 Å². The molecule has 68 valence electrons. The molecule has 12 heavy (non-hydrogen) atoms. The number of piperidine rings is 1. The first-order chi connectivity index (χ1) is 5.41. The van der Waals surface area contributed by atoms with Crippen molar-refractivity contribution < 1.29 is 0 Å². The highest BCUT2D eigenvalue weighted by Crippen LogP contribution is 2.60. The van der Waals surface area contributed by atoms with E-state index in [1.54, 1.807) is 0 Å². The van der Waals surface area contributed by atoms with Crippen LogP contribution in [0.15, 0.2) is 0 Å². The van der Waals surface area contributed by atoms with Crippen LogP contribution < -0.4 is 0 Å². The fourth-order valence-corrected chi connectivity index (χ4v) is 3.56. The topological polar surface area (TPSA) is 3.24 Å². The van der Waals surface area contributed by atoms with Crippen LogP contribution in [-0.2, 0) is 0 Å². The van der Waals surface area contributed by atoms with Crippen LogP contribution >= 0.6 is 12.2 Å². The first-order valence-electron chi connectivity index (χ1n) is 4.68. The van der Waals surface area contributed by atoms with Crippen LogP contribution in [0, 0.1) is 10.8 Å². The van der Waals surface area contributed by atoms with Gasteiger partial charge in [-0.25, -0.2) is 0 Å². The van der Waals surface area contributed by atoms with Crippen molar-refractivity contribution in [2.24, 2.45) is 10.8 Å². The second kappa shape index (κ2) is 2.03. The third-order valence-corrected chi connectivity index (χ3v) is 5.17. The average Bonchev–Trinajstić information content (AvgIpc) is 2.26. The van der Waals surface area contributed by atoms with Gasteiger partial charge in [0.25, 0.3) is 0 Å². The van der Waals surface area contributed by atoms with E-state index in [1.807, 2.05) is 0 Å². The van der Waals surface area contributed by atoms with Crippen LogP contribution in [0.4, 0.5) is 0 Å². The summed E-state index contributed by atoms with van der Waals surface area (Å²) in [5.41, 5.74) is 0.681. The fourth-order valence-electron chi connectivity index (χ4n) is 3.07. The number of rotatable bonds is 0. The number of likely N-dealkylation sites (tertiary alicyclic amines) is 1. The largest absolute Gasteiger partial charge is 0.365 e. The minimum absolute atomic E-state index is 0.293. The lowest BCUT2D eigenvalue weighted by atomic mass is 9.71. The molecule has 1 saturated heterocycles. The second-order valence-corrected chi connectivity index (χ2v) is 5.41. The van der Waals surface area contributed by atoms with Gasteiger partial charge in [0.05, 0.1) is 4.99 Å². The molecule has 2 aliphatic rings. The molecule has 0 aromatic carbocycles. The molecule has 0 amide bonds. The standard InChI is InChI=1S/C10H17NS/c1-9(2)7-5-6-10(9,3)8(12)11(7)4/h7H,5-6H2,1-4H3/t7-,10-/m0/s1. The third-order valence-electron chi connectivity index (χ3n) is 4.43. The molecule has 1 saturated carbocycles. The van der Waals surface area contributed by atoms with E-state index in [0.29, 0.717) is 16.9 Å². The summed E-state index contributed by atoms with van der Waals surface area (Å²) < 4.78 is 0. The molecule has 2 heteroatoms. The maximum Gasteiger partial charge on any atom is 0.0845 e. The minimum atomic E-state index is 0.293. The highest BCUT2D eigenvalue weighted by Gasteiger charge is 2.62. The van der Waals surface area contributed by atoms with Crippen molar-refractivity contribution in [2.45, 2.75) is 39.7 Å². The summed E-state index contributed by atoms with van der Waals surface area (Å²) in [5.74, 6) is 0. The van der Waals surface area contributed by atoms with Gasteiger partial charge in [0.1, 0.15) is 0 Å². The van der Waals surface area contributed by atoms with Gasteiger partial charge in [-0.15, -0.1) is 0 Å². The van der Waals surface area contributed by atoms with E-state index in [9.17, 15) is 0 Å². The van der Waals surface area contributed by atoms with Gasteiger partial charge in [-0.05, 0) is 18.3 Å². The molecule has 2 atom stereocenters. The SMILES string of the molecule is CN1C(=S)[C@]2(C)CC[C@H]1C2(C)C. The normalized spacial score (nSPS) is 44.2. The summed E-state index contributed by atoms with van der Waals surface area (Å²) in [4.78, 5) is 3.50. The highest BCUT2D eigenvalue weighted by atomic mass is 32.1. The number of thiocarbonyl (C=S) groups is 1. The molecule has 1 aliphatic heterocycles. The fraction of sp³-hybridized carbons (Fsp3) is 0.900. The predicted octanol–water partition coefficient (Wildman–Crippen LogP) is 2.45. The first kappa shape index (κ1) is 8.49. The van der Waals surface area contributed by atoms with Crippen molar-refractivity contribution >= 4 is 17.2 Å². The van der Waals surface area contributed by atoms with Crippen LogP contribution in [0.25, 0.3) is 0 Å². The highest BCUT2D eigenvalue weighted by molar-refractivity contribution is 7.80. The molecule has 0 radical (unpaired) electrons. The maximum atomic E-state index is 5.48. The lowest BCUT2D eigenvalue weighted by Gasteiger charge is -2.32. The van der Waals surface area contributed by atoms with E-state index in [-0.39, 0.29) is 0 Å². The molecular formula is C10H17NS. The minimum Gasteiger partial charge on any atom is -0.365 e. The molecule has 1 heterocycles. The maximum absolute atomic E-state index is 5.48. The zero-order valence-electron chi connectivity index (χ0n) is 8.35. The van der Waals surface area contributed by atoms with Gasteiger partial charge in [-0.3, -0.25) is 0 Å². The van der Waals surface area contributed by atoms with Gasteiger partial charge in [0.2, 0.25) is 0 Å².